The minimum atomic E-state index is -3.53. The number of morpholine rings is 1. The maximum Gasteiger partial charge on any atom is 0.243 e. The molecule has 2 saturated heterocycles. The summed E-state index contributed by atoms with van der Waals surface area (Å²) in [6.07, 6.45) is 1.43. The Bertz CT molecular complexity index is 690. The summed E-state index contributed by atoms with van der Waals surface area (Å²) in [5, 5.41) is 2.97. The van der Waals surface area contributed by atoms with Gasteiger partial charge in [0.2, 0.25) is 15.9 Å². The first-order valence-electron chi connectivity index (χ1n) is 9.20. The standard InChI is InChI=1S/C18H27N3O4S/c22-18(19-8-10-20-11-13-25-14-12-20)16-5-4-9-21(15-16)26(23,24)17-6-2-1-3-7-17/h1-3,6-7,16H,4-5,8-15H2,(H,19,22). The van der Waals surface area contributed by atoms with Crippen molar-refractivity contribution in [3.8, 4) is 0 Å². The van der Waals surface area contributed by atoms with Gasteiger partial charge >= 0.3 is 0 Å². The quantitative estimate of drug-likeness (QED) is 0.778. The van der Waals surface area contributed by atoms with Crippen molar-refractivity contribution in [2.75, 3.05) is 52.5 Å². The number of carbonyl (C=O) groups excluding carboxylic acids is 1. The van der Waals surface area contributed by atoms with Crippen LogP contribution in [0.5, 0.6) is 0 Å². The van der Waals surface area contributed by atoms with Crippen LogP contribution in [0.25, 0.3) is 0 Å². The van der Waals surface area contributed by atoms with Crippen molar-refractivity contribution in [2.45, 2.75) is 17.7 Å². The predicted molar refractivity (Wildman–Crippen MR) is 98.2 cm³/mol. The molecule has 1 N–H and O–H groups in total. The van der Waals surface area contributed by atoms with Crippen molar-refractivity contribution < 1.29 is 17.9 Å². The Balaban J connectivity index is 1.52. The number of nitrogens with one attached hydrogen (secondary N) is 1. The molecule has 0 bridgehead atoms. The van der Waals surface area contributed by atoms with E-state index >= 15 is 0 Å². The third-order valence-electron chi connectivity index (χ3n) is 4.97. The van der Waals surface area contributed by atoms with Crippen LogP contribution in [0.2, 0.25) is 0 Å². The van der Waals surface area contributed by atoms with Gasteiger partial charge in [0.05, 0.1) is 24.0 Å². The first-order valence-corrected chi connectivity index (χ1v) is 10.6. The summed E-state index contributed by atoms with van der Waals surface area (Å²) >= 11 is 0. The van der Waals surface area contributed by atoms with Crippen LogP contribution in [0.3, 0.4) is 0 Å². The van der Waals surface area contributed by atoms with Gasteiger partial charge in [0.15, 0.2) is 0 Å². The zero-order valence-electron chi connectivity index (χ0n) is 15.0. The zero-order valence-corrected chi connectivity index (χ0v) is 15.8. The maximum absolute atomic E-state index is 12.8. The normalized spacial score (nSPS) is 22.8. The van der Waals surface area contributed by atoms with Crippen molar-refractivity contribution >= 4 is 15.9 Å². The lowest BCUT2D eigenvalue weighted by Crippen LogP contribution is -2.47. The Morgan fingerprint density at radius 1 is 1.15 bits per heavy atom. The van der Waals surface area contributed by atoms with Crippen molar-refractivity contribution in [1.82, 2.24) is 14.5 Å². The number of rotatable bonds is 6. The molecule has 144 valence electrons. The van der Waals surface area contributed by atoms with E-state index in [9.17, 15) is 13.2 Å². The molecule has 1 unspecified atom stereocenters. The third kappa shape index (κ3) is 4.82. The maximum atomic E-state index is 12.8. The second-order valence-corrected chi connectivity index (χ2v) is 8.70. The number of amides is 1. The van der Waals surface area contributed by atoms with E-state index in [0.29, 0.717) is 19.5 Å². The number of ether oxygens (including phenoxy) is 1. The molecule has 1 amide bonds. The summed E-state index contributed by atoms with van der Waals surface area (Å²) in [7, 11) is -3.53. The van der Waals surface area contributed by atoms with E-state index in [2.05, 4.69) is 10.2 Å². The summed E-state index contributed by atoms with van der Waals surface area (Å²) in [4.78, 5) is 15.0. The molecule has 2 aliphatic rings. The lowest BCUT2D eigenvalue weighted by Gasteiger charge is -2.31. The molecule has 1 aromatic carbocycles. The fourth-order valence-electron chi connectivity index (χ4n) is 3.42. The van der Waals surface area contributed by atoms with Crippen LogP contribution in [0, 0.1) is 5.92 Å². The Morgan fingerprint density at radius 3 is 2.62 bits per heavy atom. The van der Waals surface area contributed by atoms with Gasteiger partial charge in [-0.2, -0.15) is 4.31 Å². The van der Waals surface area contributed by atoms with Crippen molar-refractivity contribution in [2.24, 2.45) is 5.92 Å². The second-order valence-electron chi connectivity index (χ2n) is 6.76. The van der Waals surface area contributed by atoms with E-state index < -0.39 is 10.0 Å². The molecular formula is C18H27N3O4S. The molecule has 0 spiro atoms. The van der Waals surface area contributed by atoms with E-state index in [4.69, 9.17) is 4.74 Å². The highest BCUT2D eigenvalue weighted by Gasteiger charge is 2.33. The number of hydrogen-bond acceptors (Lipinski definition) is 5. The van der Waals surface area contributed by atoms with Crippen LogP contribution in [0.4, 0.5) is 0 Å². The van der Waals surface area contributed by atoms with Crippen LogP contribution in [-0.2, 0) is 19.6 Å². The molecule has 2 fully saturated rings. The molecule has 1 atom stereocenters. The molecule has 2 heterocycles. The van der Waals surface area contributed by atoms with Gasteiger partial charge in [-0.3, -0.25) is 9.69 Å². The number of benzene rings is 1. The second kappa shape index (κ2) is 8.94. The lowest BCUT2D eigenvalue weighted by molar-refractivity contribution is -0.126. The van der Waals surface area contributed by atoms with Crippen molar-refractivity contribution in [1.29, 1.82) is 0 Å². The molecule has 1 aromatic rings. The fourth-order valence-corrected chi connectivity index (χ4v) is 4.97. The highest BCUT2D eigenvalue weighted by molar-refractivity contribution is 7.89. The van der Waals surface area contributed by atoms with E-state index in [1.165, 1.54) is 4.31 Å². The van der Waals surface area contributed by atoms with Gasteiger partial charge in [-0.05, 0) is 25.0 Å². The minimum Gasteiger partial charge on any atom is -0.379 e. The van der Waals surface area contributed by atoms with Gasteiger partial charge in [-0.25, -0.2) is 8.42 Å². The summed E-state index contributed by atoms with van der Waals surface area (Å²) in [6, 6.07) is 8.42. The van der Waals surface area contributed by atoms with Gasteiger partial charge < -0.3 is 10.1 Å². The molecule has 0 aliphatic carbocycles. The highest BCUT2D eigenvalue weighted by Crippen LogP contribution is 2.23. The third-order valence-corrected chi connectivity index (χ3v) is 6.85. The molecule has 0 saturated carbocycles. The lowest BCUT2D eigenvalue weighted by atomic mass is 9.99. The predicted octanol–water partition coefficient (Wildman–Crippen LogP) is 0.536. The Hall–Kier alpha value is -1.48. The number of piperidine rings is 1. The summed E-state index contributed by atoms with van der Waals surface area (Å²) in [6.45, 7) is 5.36. The molecular weight excluding hydrogens is 354 g/mol. The topological polar surface area (TPSA) is 79.0 Å². The Morgan fingerprint density at radius 2 is 1.88 bits per heavy atom. The first kappa shape index (κ1) is 19.3. The van der Waals surface area contributed by atoms with Crippen LogP contribution >= 0.6 is 0 Å². The summed E-state index contributed by atoms with van der Waals surface area (Å²) in [5.41, 5.74) is 0. The fraction of sp³-hybridized carbons (Fsp3) is 0.611. The van der Waals surface area contributed by atoms with Gasteiger partial charge in [0, 0.05) is 39.3 Å². The smallest absolute Gasteiger partial charge is 0.243 e. The molecule has 8 heteroatoms. The number of carbonyl (C=O) groups is 1. The van der Waals surface area contributed by atoms with E-state index in [1.807, 2.05) is 0 Å². The first-order chi connectivity index (χ1) is 12.6. The largest absolute Gasteiger partial charge is 0.379 e. The Kier molecular flexibility index (Phi) is 6.63. The van der Waals surface area contributed by atoms with Gasteiger partial charge in [-0.15, -0.1) is 0 Å². The number of nitrogens with zero attached hydrogens (tertiary/aromatic N) is 2. The molecule has 0 radical (unpaired) electrons. The SMILES string of the molecule is O=C(NCCN1CCOCC1)C1CCCN(S(=O)(=O)c2ccccc2)C1. The summed E-state index contributed by atoms with van der Waals surface area (Å²) in [5.74, 6) is -0.335. The van der Waals surface area contributed by atoms with Gasteiger partial charge in [-0.1, -0.05) is 18.2 Å². The Labute approximate surface area is 155 Å². The minimum absolute atomic E-state index is 0.0498. The molecule has 3 rings (SSSR count). The highest BCUT2D eigenvalue weighted by atomic mass is 32.2. The number of hydrogen-bond donors (Lipinski definition) is 1. The molecule has 0 aromatic heterocycles. The van der Waals surface area contributed by atoms with E-state index in [-0.39, 0.29) is 23.3 Å². The van der Waals surface area contributed by atoms with Crippen LogP contribution in [-0.4, -0.2) is 76.0 Å². The molecule has 26 heavy (non-hydrogen) atoms. The zero-order chi connectivity index (χ0) is 18.4. The van der Waals surface area contributed by atoms with Crippen molar-refractivity contribution in [3.63, 3.8) is 0 Å². The average molecular weight is 381 g/mol. The van der Waals surface area contributed by atoms with Gasteiger partial charge in [0.25, 0.3) is 0 Å². The van der Waals surface area contributed by atoms with Crippen LogP contribution in [0.15, 0.2) is 35.2 Å². The van der Waals surface area contributed by atoms with E-state index in [1.54, 1.807) is 30.3 Å². The van der Waals surface area contributed by atoms with E-state index in [0.717, 1.165) is 39.3 Å². The van der Waals surface area contributed by atoms with Gasteiger partial charge in [0.1, 0.15) is 0 Å². The van der Waals surface area contributed by atoms with Crippen molar-refractivity contribution in [3.05, 3.63) is 30.3 Å². The van der Waals surface area contributed by atoms with Crippen LogP contribution in [0.1, 0.15) is 12.8 Å². The average Bonchev–Trinajstić information content (AvgIpc) is 2.69. The van der Waals surface area contributed by atoms with Crippen LogP contribution < -0.4 is 5.32 Å². The summed E-state index contributed by atoms with van der Waals surface area (Å²) < 4.78 is 32.3. The molecule has 2 aliphatic heterocycles. The monoisotopic (exact) mass is 381 g/mol. The molecule has 7 nitrogen and oxygen atoms in total. The number of sulfonamides is 1.